The largest absolute Gasteiger partial charge is 0.381 e. The zero-order chi connectivity index (χ0) is 18.4. The molecule has 26 heavy (non-hydrogen) atoms. The highest BCUT2D eigenvalue weighted by Crippen LogP contribution is 2.39. The molecule has 2 N–H and O–H groups in total. The minimum absolute atomic E-state index is 0.218. The monoisotopic (exact) mass is 393 g/mol. The van der Waals surface area contributed by atoms with Crippen molar-refractivity contribution in [3.05, 3.63) is 63.9 Å². The Morgan fingerprint density at radius 3 is 2.69 bits per heavy atom. The number of amides is 2. The van der Waals surface area contributed by atoms with Gasteiger partial charge < -0.3 is 15.4 Å². The van der Waals surface area contributed by atoms with Crippen LogP contribution in [0.15, 0.2) is 42.7 Å². The fourth-order valence-electron chi connectivity index (χ4n) is 3.22. The van der Waals surface area contributed by atoms with E-state index in [0.29, 0.717) is 36.3 Å². The van der Waals surface area contributed by atoms with Gasteiger partial charge in [-0.15, -0.1) is 0 Å². The number of carbonyl (C=O) groups excluding carboxylic acids is 1. The molecule has 3 rings (SSSR count). The molecule has 2 amide bonds. The lowest BCUT2D eigenvalue weighted by atomic mass is 9.74. The van der Waals surface area contributed by atoms with Crippen molar-refractivity contribution in [1.82, 2.24) is 15.6 Å². The lowest BCUT2D eigenvalue weighted by Crippen LogP contribution is -2.47. The van der Waals surface area contributed by atoms with Gasteiger partial charge in [-0.3, -0.25) is 4.98 Å². The van der Waals surface area contributed by atoms with Crippen molar-refractivity contribution in [2.45, 2.75) is 24.8 Å². The third kappa shape index (κ3) is 4.67. The summed E-state index contributed by atoms with van der Waals surface area (Å²) in [4.78, 5) is 16.3. The molecule has 2 aromatic rings. The maximum absolute atomic E-state index is 12.2. The molecule has 1 saturated heterocycles. The zero-order valence-electron chi connectivity index (χ0n) is 14.3. The SMILES string of the molecule is O=C(NCc1cccnc1)NCC1(c2ccc(Cl)cc2Cl)CCOCC1. The van der Waals surface area contributed by atoms with E-state index in [0.717, 1.165) is 24.0 Å². The number of benzene rings is 1. The number of aromatic nitrogens is 1. The molecule has 1 fully saturated rings. The Labute approximate surface area is 163 Å². The Balaban J connectivity index is 1.66. The van der Waals surface area contributed by atoms with Gasteiger partial charge in [0.25, 0.3) is 0 Å². The Morgan fingerprint density at radius 2 is 2.00 bits per heavy atom. The number of rotatable bonds is 5. The molecule has 0 unspecified atom stereocenters. The number of hydrogen-bond acceptors (Lipinski definition) is 3. The van der Waals surface area contributed by atoms with E-state index in [1.54, 1.807) is 18.5 Å². The highest BCUT2D eigenvalue weighted by Gasteiger charge is 2.36. The topological polar surface area (TPSA) is 63.2 Å². The second-order valence-corrected chi connectivity index (χ2v) is 7.26. The van der Waals surface area contributed by atoms with E-state index in [1.807, 2.05) is 24.3 Å². The smallest absolute Gasteiger partial charge is 0.315 e. The molecule has 0 radical (unpaired) electrons. The van der Waals surface area contributed by atoms with E-state index in [4.69, 9.17) is 27.9 Å². The molecule has 138 valence electrons. The van der Waals surface area contributed by atoms with Gasteiger partial charge in [0.2, 0.25) is 0 Å². The van der Waals surface area contributed by atoms with Crippen LogP contribution in [0.5, 0.6) is 0 Å². The number of carbonyl (C=O) groups is 1. The van der Waals surface area contributed by atoms with E-state index >= 15 is 0 Å². The number of nitrogens with one attached hydrogen (secondary N) is 2. The highest BCUT2D eigenvalue weighted by molar-refractivity contribution is 6.35. The lowest BCUT2D eigenvalue weighted by molar-refractivity contribution is 0.0507. The summed E-state index contributed by atoms with van der Waals surface area (Å²) in [5.41, 5.74) is 1.69. The van der Waals surface area contributed by atoms with Gasteiger partial charge in [-0.2, -0.15) is 0 Å². The molecule has 1 aliphatic heterocycles. The minimum atomic E-state index is -0.258. The highest BCUT2D eigenvalue weighted by atomic mass is 35.5. The van der Waals surface area contributed by atoms with Crippen LogP contribution in [-0.2, 0) is 16.7 Å². The van der Waals surface area contributed by atoms with Gasteiger partial charge in [0, 0.05) is 54.2 Å². The molecule has 5 nitrogen and oxygen atoms in total. The maximum Gasteiger partial charge on any atom is 0.315 e. The van der Waals surface area contributed by atoms with Crippen molar-refractivity contribution < 1.29 is 9.53 Å². The third-order valence-corrected chi connectivity index (χ3v) is 5.26. The summed E-state index contributed by atoms with van der Waals surface area (Å²) in [6.45, 7) is 2.18. The summed E-state index contributed by atoms with van der Waals surface area (Å²) in [5, 5.41) is 7.06. The summed E-state index contributed by atoms with van der Waals surface area (Å²) < 4.78 is 5.52. The zero-order valence-corrected chi connectivity index (χ0v) is 15.8. The fraction of sp³-hybridized carbons (Fsp3) is 0.368. The first-order chi connectivity index (χ1) is 12.6. The van der Waals surface area contributed by atoms with E-state index < -0.39 is 0 Å². The van der Waals surface area contributed by atoms with Gasteiger partial charge in [-0.1, -0.05) is 35.3 Å². The number of pyridine rings is 1. The van der Waals surface area contributed by atoms with Crippen LogP contribution in [0.2, 0.25) is 10.0 Å². The molecule has 2 heterocycles. The second kappa shape index (κ2) is 8.71. The first-order valence-electron chi connectivity index (χ1n) is 8.53. The number of hydrogen-bond donors (Lipinski definition) is 2. The Bertz CT molecular complexity index is 750. The van der Waals surface area contributed by atoms with Crippen molar-refractivity contribution in [2.24, 2.45) is 0 Å². The van der Waals surface area contributed by atoms with Crippen LogP contribution in [0.4, 0.5) is 4.79 Å². The van der Waals surface area contributed by atoms with Gasteiger partial charge in [0.05, 0.1) is 0 Å². The van der Waals surface area contributed by atoms with Gasteiger partial charge >= 0.3 is 6.03 Å². The predicted molar refractivity (Wildman–Crippen MR) is 103 cm³/mol. The number of halogens is 2. The lowest BCUT2D eigenvalue weighted by Gasteiger charge is -2.38. The van der Waals surface area contributed by atoms with Crippen molar-refractivity contribution in [2.75, 3.05) is 19.8 Å². The van der Waals surface area contributed by atoms with E-state index in [9.17, 15) is 4.79 Å². The number of ether oxygens (including phenoxy) is 1. The summed E-state index contributed by atoms with van der Waals surface area (Å²) >= 11 is 12.5. The normalized spacial score (nSPS) is 16.1. The number of urea groups is 1. The molecule has 0 saturated carbocycles. The Hall–Kier alpha value is -1.82. The summed E-state index contributed by atoms with van der Waals surface area (Å²) in [7, 11) is 0. The minimum Gasteiger partial charge on any atom is -0.381 e. The van der Waals surface area contributed by atoms with Crippen molar-refractivity contribution in [3.63, 3.8) is 0 Å². The quantitative estimate of drug-likeness (QED) is 0.808. The van der Waals surface area contributed by atoms with Crippen LogP contribution in [0, 0.1) is 0 Å². The van der Waals surface area contributed by atoms with Crippen molar-refractivity contribution in [3.8, 4) is 0 Å². The van der Waals surface area contributed by atoms with E-state index in [1.165, 1.54) is 0 Å². The molecule has 7 heteroatoms. The van der Waals surface area contributed by atoms with Crippen molar-refractivity contribution >= 4 is 29.2 Å². The molecule has 0 aliphatic carbocycles. The van der Waals surface area contributed by atoms with Gasteiger partial charge in [-0.05, 0) is 42.2 Å². The first-order valence-corrected chi connectivity index (χ1v) is 9.29. The molecule has 0 spiro atoms. The first kappa shape index (κ1) is 19.0. The van der Waals surface area contributed by atoms with E-state index in [-0.39, 0.29) is 11.4 Å². The maximum atomic E-state index is 12.2. The molecule has 1 aromatic carbocycles. The predicted octanol–water partition coefficient (Wildman–Crippen LogP) is 3.94. The molecule has 0 atom stereocenters. The summed E-state index contributed by atoms with van der Waals surface area (Å²) in [5.74, 6) is 0. The van der Waals surface area contributed by atoms with Crippen molar-refractivity contribution in [1.29, 1.82) is 0 Å². The summed E-state index contributed by atoms with van der Waals surface area (Å²) in [6, 6.07) is 9.07. The van der Waals surface area contributed by atoms with Crippen LogP contribution < -0.4 is 10.6 Å². The van der Waals surface area contributed by atoms with Crippen LogP contribution >= 0.6 is 23.2 Å². The molecule has 0 bridgehead atoms. The molecule has 1 aromatic heterocycles. The van der Waals surface area contributed by atoms with E-state index in [2.05, 4.69) is 15.6 Å². The third-order valence-electron chi connectivity index (χ3n) is 4.72. The van der Waals surface area contributed by atoms with Crippen LogP contribution in [-0.4, -0.2) is 30.8 Å². The molecular formula is C19H21Cl2N3O2. The average molecular weight is 394 g/mol. The number of nitrogens with zero attached hydrogens (tertiary/aromatic N) is 1. The van der Waals surface area contributed by atoms with Crippen LogP contribution in [0.25, 0.3) is 0 Å². The molecular weight excluding hydrogens is 373 g/mol. The average Bonchev–Trinajstić information content (AvgIpc) is 2.66. The van der Waals surface area contributed by atoms with Crippen LogP contribution in [0.3, 0.4) is 0 Å². The molecule has 1 aliphatic rings. The fourth-order valence-corrected chi connectivity index (χ4v) is 3.83. The Kier molecular flexibility index (Phi) is 6.35. The van der Waals surface area contributed by atoms with Gasteiger partial charge in [-0.25, -0.2) is 4.79 Å². The Morgan fingerprint density at radius 1 is 1.19 bits per heavy atom. The van der Waals surface area contributed by atoms with Gasteiger partial charge in [0.1, 0.15) is 0 Å². The van der Waals surface area contributed by atoms with Gasteiger partial charge in [0.15, 0.2) is 0 Å². The summed E-state index contributed by atoms with van der Waals surface area (Å²) in [6.07, 6.45) is 5.01. The standard InChI is InChI=1S/C19H21Cl2N3O2/c20-15-3-4-16(17(21)10-15)19(5-8-26-9-6-19)13-24-18(25)23-12-14-2-1-7-22-11-14/h1-4,7,10-11H,5-6,8-9,12-13H2,(H2,23,24,25). The second-order valence-electron chi connectivity index (χ2n) is 6.41. The van der Waals surface area contributed by atoms with Crippen LogP contribution in [0.1, 0.15) is 24.0 Å².